The van der Waals surface area contributed by atoms with E-state index in [2.05, 4.69) is 26.6 Å². The third-order valence-electron chi connectivity index (χ3n) is 8.62. The molecule has 0 atom stereocenters. The number of hydrogen-bond donors (Lipinski definition) is 10. The highest BCUT2D eigenvalue weighted by Crippen LogP contribution is 2.41. The van der Waals surface area contributed by atoms with Crippen LogP contribution in [0, 0.1) is 0 Å². The number of phenolic OH excluding ortho intramolecular Hbond substituents is 3. The fraction of sp³-hybridized carbons (Fsp3) is 0.0952. The summed E-state index contributed by atoms with van der Waals surface area (Å²) in [7, 11) is 2.31. The fourth-order valence-electron chi connectivity index (χ4n) is 5.58. The van der Waals surface area contributed by atoms with E-state index in [-0.39, 0.29) is 56.9 Å². The Bertz CT molecular complexity index is 2540. The first-order chi connectivity index (χ1) is 28.6. The van der Waals surface area contributed by atoms with Gasteiger partial charge in [0.05, 0.1) is 43.3 Å². The van der Waals surface area contributed by atoms with Crippen LogP contribution in [0.25, 0.3) is 6.08 Å². The monoisotopic (exact) mass is 819 g/mol. The van der Waals surface area contributed by atoms with Gasteiger partial charge in [0.1, 0.15) is 17.1 Å². The third-order valence-corrected chi connectivity index (χ3v) is 8.62. The lowest BCUT2D eigenvalue weighted by Gasteiger charge is -2.16. The number of benzene rings is 5. The van der Waals surface area contributed by atoms with Crippen molar-refractivity contribution >= 4 is 64.3 Å². The molecule has 5 rings (SSSR count). The second-order valence-electron chi connectivity index (χ2n) is 12.7. The van der Waals surface area contributed by atoms with Crippen LogP contribution in [0.3, 0.4) is 0 Å². The van der Waals surface area contributed by atoms with Crippen LogP contribution in [0.15, 0.2) is 96.6 Å². The third kappa shape index (κ3) is 10.1. The molecule has 0 spiro atoms. The average Bonchev–Trinajstić information content (AvgIpc) is 3.21. The maximum atomic E-state index is 13.1. The Kier molecular flexibility index (Phi) is 13.2. The Balaban J connectivity index is 1.15. The van der Waals surface area contributed by atoms with E-state index in [1.807, 2.05) is 0 Å². The van der Waals surface area contributed by atoms with Gasteiger partial charge in [0, 0.05) is 28.6 Å². The Hall–Kier alpha value is -8.54. The summed E-state index contributed by atoms with van der Waals surface area (Å²) in [5, 5.41) is 63.0. The van der Waals surface area contributed by atoms with E-state index in [0.717, 1.165) is 38.0 Å². The van der Waals surface area contributed by atoms with Crippen molar-refractivity contribution in [1.29, 1.82) is 0 Å². The van der Waals surface area contributed by atoms with Gasteiger partial charge < -0.3 is 61.6 Å². The minimum atomic E-state index is -1.43. The standard InChI is InChI=1S/C42H37N5O13/c1-21(18-22-4-11-26(48)12-5-22)38(53)45-24-8-6-23(7-9-24)39(54)43-20-33(50)44-25-10-13-27(32(49)19-25)40(55)46-30-16-14-28(34(51)36(30)59-2)41(56)47-31-17-15-29(42(57)58)35(52)37(31)60-3/h4-19,48-49,51-52H,20H2,1-3H3,(H,43,54)(H,44,50)(H,45,53)(H,46,55)(H,47,56)(H,57,58)/b21-18+. The number of nitrogens with one attached hydrogen (secondary N) is 5. The molecule has 0 aliphatic carbocycles. The molecule has 0 radical (unpaired) electrons. The molecule has 18 nitrogen and oxygen atoms in total. The number of methoxy groups -OCH3 is 2. The Morgan fingerprint density at radius 1 is 0.600 bits per heavy atom. The van der Waals surface area contributed by atoms with Crippen LogP contribution in [-0.4, -0.2) is 81.8 Å². The molecule has 0 saturated heterocycles. The molecule has 0 bridgehead atoms. The topological polar surface area (TPSA) is 282 Å². The van der Waals surface area contributed by atoms with Gasteiger partial charge in [-0.2, -0.15) is 0 Å². The van der Waals surface area contributed by atoms with Gasteiger partial charge in [-0.05, 0) is 91.4 Å². The number of rotatable bonds is 14. The molecule has 0 heterocycles. The van der Waals surface area contributed by atoms with Crippen LogP contribution in [0.5, 0.6) is 34.5 Å². The predicted molar refractivity (Wildman–Crippen MR) is 218 cm³/mol. The van der Waals surface area contributed by atoms with Gasteiger partial charge in [0.2, 0.25) is 5.91 Å². The lowest BCUT2D eigenvalue weighted by Crippen LogP contribution is -2.32. The summed E-state index contributed by atoms with van der Waals surface area (Å²) in [5.74, 6) is -7.35. The molecule has 5 aromatic carbocycles. The Morgan fingerprint density at radius 3 is 1.70 bits per heavy atom. The quantitative estimate of drug-likeness (QED) is 0.0651. The number of anilines is 4. The zero-order valence-electron chi connectivity index (χ0n) is 31.9. The molecular weight excluding hydrogens is 782 g/mol. The molecule has 5 aromatic rings. The smallest absolute Gasteiger partial charge is 0.339 e. The molecule has 5 amide bonds. The van der Waals surface area contributed by atoms with Crippen LogP contribution in [0.2, 0.25) is 0 Å². The highest BCUT2D eigenvalue weighted by molar-refractivity contribution is 6.11. The molecule has 60 heavy (non-hydrogen) atoms. The molecule has 0 fully saturated rings. The Labute approximate surface area is 340 Å². The molecule has 308 valence electrons. The van der Waals surface area contributed by atoms with Crippen LogP contribution in [0.1, 0.15) is 53.9 Å². The van der Waals surface area contributed by atoms with Gasteiger partial charge in [0.25, 0.3) is 23.6 Å². The number of phenols is 4. The number of ether oxygens (including phenoxy) is 2. The van der Waals surface area contributed by atoms with E-state index < -0.39 is 59.0 Å². The van der Waals surface area contributed by atoms with E-state index in [1.165, 1.54) is 60.7 Å². The van der Waals surface area contributed by atoms with Gasteiger partial charge >= 0.3 is 5.97 Å². The van der Waals surface area contributed by atoms with Crippen molar-refractivity contribution in [3.63, 3.8) is 0 Å². The van der Waals surface area contributed by atoms with Gasteiger partial charge in [-0.15, -0.1) is 0 Å². The number of aromatic hydroxyl groups is 4. The normalized spacial score (nSPS) is 10.8. The van der Waals surface area contributed by atoms with E-state index >= 15 is 0 Å². The van der Waals surface area contributed by atoms with Gasteiger partial charge in [-0.25, -0.2) is 4.79 Å². The lowest BCUT2D eigenvalue weighted by atomic mass is 10.1. The number of carboxylic acids is 1. The fourth-order valence-corrected chi connectivity index (χ4v) is 5.58. The zero-order valence-corrected chi connectivity index (χ0v) is 31.9. The van der Waals surface area contributed by atoms with Gasteiger partial charge in [0.15, 0.2) is 23.0 Å². The maximum absolute atomic E-state index is 13.1. The van der Waals surface area contributed by atoms with Crippen LogP contribution < -0.4 is 36.1 Å². The van der Waals surface area contributed by atoms with Crippen LogP contribution in [0.4, 0.5) is 22.7 Å². The summed E-state index contributed by atoms with van der Waals surface area (Å²) in [6, 6.07) is 20.5. The number of amides is 5. The minimum absolute atomic E-state index is 0.0892. The summed E-state index contributed by atoms with van der Waals surface area (Å²) in [6.45, 7) is 1.18. The summed E-state index contributed by atoms with van der Waals surface area (Å²) in [6.07, 6.45) is 1.65. The predicted octanol–water partition coefficient (Wildman–Crippen LogP) is 5.14. The van der Waals surface area contributed by atoms with Crippen LogP contribution in [-0.2, 0) is 9.59 Å². The van der Waals surface area contributed by atoms with E-state index in [4.69, 9.17) is 9.47 Å². The number of hydrogen-bond acceptors (Lipinski definition) is 12. The first-order valence-electron chi connectivity index (χ1n) is 17.6. The molecule has 0 aliphatic heterocycles. The van der Waals surface area contributed by atoms with Crippen molar-refractivity contribution in [2.24, 2.45) is 0 Å². The molecule has 0 unspecified atom stereocenters. The average molecular weight is 820 g/mol. The summed E-state index contributed by atoms with van der Waals surface area (Å²) >= 11 is 0. The first kappa shape index (κ1) is 42.6. The SMILES string of the molecule is COc1c(NC(=O)c2ccc(NC(=O)c3ccc(NC(=O)CNC(=O)c4ccc(NC(=O)/C(C)=C/c5ccc(O)cc5)cc4)cc3O)c(OC)c2O)ccc(C(=O)O)c1O. The molecule has 0 aliphatic rings. The minimum Gasteiger partial charge on any atom is -0.508 e. The second kappa shape index (κ2) is 18.6. The summed E-state index contributed by atoms with van der Waals surface area (Å²) in [5.41, 5.74) is 0.593. The lowest BCUT2D eigenvalue weighted by molar-refractivity contribution is -0.115. The molecule has 0 saturated carbocycles. The highest BCUT2D eigenvalue weighted by Gasteiger charge is 2.24. The van der Waals surface area contributed by atoms with E-state index in [9.17, 15) is 54.3 Å². The van der Waals surface area contributed by atoms with Crippen molar-refractivity contribution in [2.45, 2.75) is 6.92 Å². The molecule has 18 heteroatoms. The summed E-state index contributed by atoms with van der Waals surface area (Å²) < 4.78 is 10.3. The van der Waals surface area contributed by atoms with Crippen molar-refractivity contribution < 1.29 is 63.8 Å². The van der Waals surface area contributed by atoms with E-state index in [1.54, 1.807) is 25.1 Å². The Morgan fingerprint density at radius 2 is 1.13 bits per heavy atom. The largest absolute Gasteiger partial charge is 0.508 e. The second-order valence-corrected chi connectivity index (χ2v) is 12.7. The van der Waals surface area contributed by atoms with Gasteiger partial charge in [-0.3, -0.25) is 24.0 Å². The highest BCUT2D eigenvalue weighted by atomic mass is 16.5. The van der Waals surface area contributed by atoms with Crippen molar-refractivity contribution in [2.75, 3.05) is 42.0 Å². The number of carbonyl (C=O) groups excluding carboxylic acids is 5. The maximum Gasteiger partial charge on any atom is 0.339 e. The van der Waals surface area contributed by atoms with Crippen molar-refractivity contribution in [3.05, 3.63) is 124 Å². The molecule has 0 aromatic heterocycles. The first-order valence-corrected chi connectivity index (χ1v) is 17.6. The van der Waals surface area contributed by atoms with Gasteiger partial charge in [-0.1, -0.05) is 12.1 Å². The van der Waals surface area contributed by atoms with Crippen molar-refractivity contribution in [3.8, 4) is 34.5 Å². The number of carboxylic acid groups (broad SMARTS) is 1. The number of carbonyl (C=O) groups is 6. The molecular formula is C42H37N5O13. The zero-order chi connectivity index (χ0) is 43.7. The van der Waals surface area contributed by atoms with Crippen LogP contribution >= 0.6 is 0 Å². The summed E-state index contributed by atoms with van der Waals surface area (Å²) in [4.78, 5) is 75.5. The van der Waals surface area contributed by atoms with E-state index in [0.29, 0.717) is 11.3 Å². The number of aromatic carboxylic acids is 1. The molecule has 10 N–H and O–H groups in total. The van der Waals surface area contributed by atoms with Crippen molar-refractivity contribution in [1.82, 2.24) is 5.32 Å².